The van der Waals surface area contributed by atoms with Crippen molar-refractivity contribution in [1.82, 2.24) is 0 Å². The van der Waals surface area contributed by atoms with Gasteiger partial charge in [-0.2, -0.15) is 11.8 Å². The second kappa shape index (κ2) is 3.68. The zero-order chi connectivity index (χ0) is 6.69. The Morgan fingerprint density at radius 3 is 2.67 bits per heavy atom. The lowest BCUT2D eigenvalue weighted by Crippen LogP contribution is -2.28. The Bertz CT molecular complexity index is 109. The average molecular weight is 179 g/mol. The predicted octanol–water partition coefficient (Wildman–Crippen LogP) is 1.12. The molecule has 0 aromatic heterocycles. The van der Waals surface area contributed by atoms with Gasteiger partial charge in [0.05, 0.1) is 10.2 Å². The molecular weight excluding hydrogens is 170 g/mol. The van der Waals surface area contributed by atoms with Crippen LogP contribution in [0.3, 0.4) is 0 Å². The molecule has 0 saturated carbocycles. The largest absolute Gasteiger partial charge is 0.392 e. The first-order chi connectivity index (χ1) is 4.30. The van der Waals surface area contributed by atoms with E-state index < -0.39 is 0 Å². The molecule has 0 aromatic carbocycles. The van der Waals surface area contributed by atoms with E-state index in [2.05, 4.69) is 0 Å². The molecule has 1 nitrogen and oxygen atoms in total. The van der Waals surface area contributed by atoms with Crippen molar-refractivity contribution in [3.8, 4) is 0 Å². The summed E-state index contributed by atoms with van der Waals surface area (Å²) in [6, 6.07) is 0. The van der Waals surface area contributed by atoms with Gasteiger partial charge in [-0.1, -0.05) is 12.2 Å². The Morgan fingerprint density at radius 2 is 2.33 bits per heavy atom. The van der Waals surface area contributed by atoms with E-state index in [1.54, 1.807) is 0 Å². The van der Waals surface area contributed by atoms with Crippen LogP contribution in [0, 0.1) is 0 Å². The van der Waals surface area contributed by atoms with Gasteiger partial charge < -0.3 is 5.73 Å². The lowest BCUT2D eigenvalue weighted by molar-refractivity contribution is 1.29. The highest BCUT2D eigenvalue weighted by Gasteiger charge is 2.15. The van der Waals surface area contributed by atoms with Crippen LogP contribution < -0.4 is 5.73 Å². The maximum Gasteiger partial charge on any atom is 0.0867 e. The summed E-state index contributed by atoms with van der Waals surface area (Å²) < 4.78 is 0. The maximum atomic E-state index is 5.46. The summed E-state index contributed by atoms with van der Waals surface area (Å²) in [5, 5.41) is 0.443. The molecule has 1 heterocycles. The van der Waals surface area contributed by atoms with Gasteiger partial charge in [0.25, 0.3) is 0 Å². The molecule has 0 aliphatic carbocycles. The summed E-state index contributed by atoms with van der Waals surface area (Å²) in [4.78, 5) is 0.673. The fourth-order valence-electron chi connectivity index (χ4n) is 0.652. The van der Waals surface area contributed by atoms with E-state index in [0.717, 1.165) is 5.75 Å². The molecule has 4 heteroatoms. The van der Waals surface area contributed by atoms with Gasteiger partial charge in [-0.05, 0) is 0 Å². The Morgan fingerprint density at radius 1 is 1.56 bits per heavy atom. The van der Waals surface area contributed by atoms with E-state index in [1.807, 2.05) is 23.5 Å². The fourth-order valence-corrected chi connectivity index (χ4v) is 3.58. The first-order valence-corrected chi connectivity index (χ1v) is 5.40. The van der Waals surface area contributed by atoms with Crippen molar-refractivity contribution in [2.45, 2.75) is 5.25 Å². The monoisotopic (exact) mass is 179 g/mol. The standard InChI is InChI=1S/C5H9NS3/c6-5(7)4-3-8-1-2-9-4/h4H,1-3H2,(H2,6,7). The predicted molar refractivity (Wildman–Crippen MR) is 50.4 cm³/mol. The van der Waals surface area contributed by atoms with Crippen molar-refractivity contribution in [2.24, 2.45) is 5.73 Å². The van der Waals surface area contributed by atoms with Crippen molar-refractivity contribution in [1.29, 1.82) is 0 Å². The molecule has 1 saturated heterocycles. The molecule has 1 aliphatic rings. The summed E-state index contributed by atoms with van der Waals surface area (Å²) in [7, 11) is 0. The van der Waals surface area contributed by atoms with Gasteiger partial charge in [0.2, 0.25) is 0 Å². The van der Waals surface area contributed by atoms with Crippen LogP contribution in [0.1, 0.15) is 0 Å². The Balaban J connectivity index is 2.31. The molecule has 9 heavy (non-hydrogen) atoms. The molecule has 0 aromatic rings. The van der Waals surface area contributed by atoms with Gasteiger partial charge in [-0.15, -0.1) is 11.8 Å². The SMILES string of the molecule is NC(=S)C1CSCCS1. The summed E-state index contributed by atoms with van der Waals surface area (Å²) in [6.07, 6.45) is 0. The third kappa shape index (κ3) is 2.35. The van der Waals surface area contributed by atoms with E-state index in [0.29, 0.717) is 10.2 Å². The minimum absolute atomic E-state index is 0.443. The minimum Gasteiger partial charge on any atom is -0.392 e. The zero-order valence-corrected chi connectivity index (χ0v) is 7.45. The summed E-state index contributed by atoms with van der Waals surface area (Å²) in [5.74, 6) is 3.57. The second-order valence-electron chi connectivity index (χ2n) is 1.84. The van der Waals surface area contributed by atoms with E-state index in [-0.39, 0.29) is 0 Å². The van der Waals surface area contributed by atoms with Crippen LogP contribution in [0.2, 0.25) is 0 Å². The maximum absolute atomic E-state index is 5.46. The smallest absolute Gasteiger partial charge is 0.0867 e. The van der Waals surface area contributed by atoms with Crippen molar-refractivity contribution >= 4 is 40.7 Å². The number of thiocarbonyl (C=S) groups is 1. The number of thioether (sulfide) groups is 2. The summed E-state index contributed by atoms with van der Waals surface area (Å²) >= 11 is 8.69. The average Bonchev–Trinajstić information content (AvgIpc) is 1.90. The first-order valence-electron chi connectivity index (χ1n) is 2.79. The van der Waals surface area contributed by atoms with E-state index in [1.165, 1.54) is 11.5 Å². The molecule has 2 N–H and O–H groups in total. The van der Waals surface area contributed by atoms with E-state index in [9.17, 15) is 0 Å². The lowest BCUT2D eigenvalue weighted by Gasteiger charge is -2.18. The van der Waals surface area contributed by atoms with E-state index >= 15 is 0 Å². The Kier molecular flexibility index (Phi) is 3.15. The van der Waals surface area contributed by atoms with Gasteiger partial charge in [0.15, 0.2) is 0 Å². The van der Waals surface area contributed by atoms with Crippen LogP contribution in [0.15, 0.2) is 0 Å². The molecule has 1 aliphatic heterocycles. The Labute approximate surface area is 69.1 Å². The van der Waals surface area contributed by atoms with Crippen LogP contribution >= 0.6 is 35.7 Å². The van der Waals surface area contributed by atoms with Gasteiger partial charge in [-0.25, -0.2) is 0 Å². The van der Waals surface area contributed by atoms with Crippen LogP contribution in [0.25, 0.3) is 0 Å². The quantitative estimate of drug-likeness (QED) is 0.610. The summed E-state index contributed by atoms with van der Waals surface area (Å²) in [5.41, 5.74) is 5.46. The first kappa shape index (κ1) is 7.69. The molecule has 1 fully saturated rings. The van der Waals surface area contributed by atoms with Crippen LogP contribution in [0.5, 0.6) is 0 Å². The Hall–Kier alpha value is 0.590. The third-order valence-corrected chi connectivity index (χ3v) is 4.36. The zero-order valence-electron chi connectivity index (χ0n) is 5.00. The molecule has 1 atom stereocenters. The highest BCUT2D eigenvalue weighted by Crippen LogP contribution is 2.23. The van der Waals surface area contributed by atoms with Gasteiger partial charge in [-0.3, -0.25) is 0 Å². The van der Waals surface area contributed by atoms with Crippen molar-refractivity contribution in [3.63, 3.8) is 0 Å². The van der Waals surface area contributed by atoms with Gasteiger partial charge in [0, 0.05) is 17.3 Å². The molecule has 0 amide bonds. The molecular formula is C5H9NS3. The molecule has 0 bridgehead atoms. The fraction of sp³-hybridized carbons (Fsp3) is 0.800. The normalized spacial score (nSPS) is 27.8. The van der Waals surface area contributed by atoms with Gasteiger partial charge in [0.1, 0.15) is 0 Å². The number of rotatable bonds is 1. The molecule has 52 valence electrons. The number of nitrogens with two attached hydrogens (primary N) is 1. The van der Waals surface area contributed by atoms with Crippen LogP contribution in [-0.4, -0.2) is 27.5 Å². The van der Waals surface area contributed by atoms with Crippen molar-refractivity contribution < 1.29 is 0 Å². The van der Waals surface area contributed by atoms with Crippen LogP contribution in [-0.2, 0) is 0 Å². The molecule has 1 rings (SSSR count). The van der Waals surface area contributed by atoms with Crippen molar-refractivity contribution in [3.05, 3.63) is 0 Å². The lowest BCUT2D eigenvalue weighted by atomic mass is 10.5. The van der Waals surface area contributed by atoms with Crippen molar-refractivity contribution in [2.75, 3.05) is 17.3 Å². The number of hydrogen-bond donors (Lipinski definition) is 1. The number of hydrogen-bond acceptors (Lipinski definition) is 3. The highest BCUT2D eigenvalue weighted by molar-refractivity contribution is 8.07. The highest BCUT2D eigenvalue weighted by atomic mass is 32.2. The van der Waals surface area contributed by atoms with Gasteiger partial charge >= 0.3 is 0 Å². The molecule has 0 spiro atoms. The summed E-state index contributed by atoms with van der Waals surface area (Å²) in [6.45, 7) is 0. The van der Waals surface area contributed by atoms with Crippen LogP contribution in [0.4, 0.5) is 0 Å². The topological polar surface area (TPSA) is 26.0 Å². The minimum atomic E-state index is 0.443. The molecule has 1 unspecified atom stereocenters. The molecule has 0 radical (unpaired) electrons. The van der Waals surface area contributed by atoms with E-state index in [4.69, 9.17) is 18.0 Å². The second-order valence-corrected chi connectivity index (χ2v) is 4.77. The third-order valence-electron chi connectivity index (χ3n) is 1.13.